The van der Waals surface area contributed by atoms with Crippen LogP contribution in [0.2, 0.25) is 10.0 Å². The lowest BCUT2D eigenvalue weighted by Crippen LogP contribution is -2.45. The number of nitrogens with zero attached hydrogens (tertiary/aromatic N) is 7. The van der Waals surface area contributed by atoms with E-state index in [4.69, 9.17) is 33.2 Å². The standard InChI is InChI=1S/C25H24Cl2N8O/c1-16-30-32-33-35(16)15-21-24(25(36)31-34-13-3-2-4-14-34)29-23(18-7-11-20(27)12-8-18)22(28-21)17-5-9-19(26)10-6-17/h5-12H,2-4,13-15H2,1H3,(H,31,36). The maximum absolute atomic E-state index is 13.5. The second-order valence-electron chi connectivity index (χ2n) is 8.60. The van der Waals surface area contributed by atoms with Crippen LogP contribution in [0.25, 0.3) is 22.5 Å². The Morgan fingerprint density at radius 1 is 0.889 bits per heavy atom. The number of benzene rings is 2. The molecule has 0 aliphatic carbocycles. The summed E-state index contributed by atoms with van der Waals surface area (Å²) in [5.41, 5.74) is 6.48. The number of halogens is 2. The van der Waals surface area contributed by atoms with Crippen molar-refractivity contribution in [3.63, 3.8) is 0 Å². The molecule has 36 heavy (non-hydrogen) atoms. The van der Waals surface area contributed by atoms with Crippen molar-refractivity contribution in [3.05, 3.63) is 75.8 Å². The van der Waals surface area contributed by atoms with Crippen molar-refractivity contribution in [2.24, 2.45) is 0 Å². The molecular weight excluding hydrogens is 499 g/mol. The van der Waals surface area contributed by atoms with E-state index in [-0.39, 0.29) is 18.1 Å². The highest BCUT2D eigenvalue weighted by Gasteiger charge is 2.24. The van der Waals surface area contributed by atoms with Gasteiger partial charge < -0.3 is 0 Å². The van der Waals surface area contributed by atoms with Crippen LogP contribution in [0.3, 0.4) is 0 Å². The van der Waals surface area contributed by atoms with Gasteiger partial charge >= 0.3 is 0 Å². The third-order valence-electron chi connectivity index (χ3n) is 6.04. The van der Waals surface area contributed by atoms with Gasteiger partial charge in [-0.25, -0.2) is 19.7 Å². The number of hydrogen-bond acceptors (Lipinski definition) is 7. The van der Waals surface area contributed by atoms with Crippen molar-refractivity contribution in [1.82, 2.24) is 40.6 Å². The number of rotatable bonds is 6. The van der Waals surface area contributed by atoms with Gasteiger partial charge in [0, 0.05) is 34.3 Å². The van der Waals surface area contributed by atoms with Crippen LogP contribution >= 0.6 is 23.2 Å². The summed E-state index contributed by atoms with van der Waals surface area (Å²) in [6.07, 6.45) is 3.23. The highest BCUT2D eigenvalue weighted by molar-refractivity contribution is 6.31. The van der Waals surface area contributed by atoms with Crippen LogP contribution in [-0.4, -0.2) is 54.2 Å². The number of aromatic nitrogens is 6. The van der Waals surface area contributed by atoms with Gasteiger partial charge in [0.05, 0.1) is 23.6 Å². The molecule has 3 heterocycles. The van der Waals surface area contributed by atoms with Gasteiger partial charge in [-0.2, -0.15) is 0 Å². The maximum atomic E-state index is 13.5. The van der Waals surface area contributed by atoms with Crippen molar-refractivity contribution in [2.45, 2.75) is 32.7 Å². The third kappa shape index (κ3) is 5.38. The van der Waals surface area contributed by atoms with Crippen molar-refractivity contribution in [3.8, 4) is 22.5 Å². The molecule has 1 fully saturated rings. The Balaban J connectivity index is 1.65. The van der Waals surface area contributed by atoms with Crippen LogP contribution in [-0.2, 0) is 6.54 Å². The summed E-state index contributed by atoms with van der Waals surface area (Å²) in [6, 6.07) is 14.7. The smallest absolute Gasteiger partial charge is 0.283 e. The number of tetrazole rings is 1. The van der Waals surface area contributed by atoms with Crippen molar-refractivity contribution in [2.75, 3.05) is 13.1 Å². The van der Waals surface area contributed by atoms with E-state index in [1.807, 2.05) is 29.3 Å². The number of carbonyl (C=O) groups is 1. The molecule has 0 saturated carbocycles. The SMILES string of the molecule is Cc1nnnn1Cc1nc(-c2ccc(Cl)cc2)c(-c2ccc(Cl)cc2)nc1C(=O)NN1CCCCC1. The quantitative estimate of drug-likeness (QED) is 0.395. The lowest BCUT2D eigenvalue weighted by atomic mass is 10.0. The zero-order chi connectivity index (χ0) is 25.1. The fraction of sp³-hybridized carbons (Fsp3) is 0.280. The molecule has 4 aromatic rings. The average molecular weight is 523 g/mol. The van der Waals surface area contributed by atoms with Crippen LogP contribution in [0.1, 0.15) is 41.3 Å². The lowest BCUT2D eigenvalue weighted by molar-refractivity contribution is 0.0743. The number of amides is 1. The summed E-state index contributed by atoms with van der Waals surface area (Å²) >= 11 is 12.3. The topological polar surface area (TPSA) is 102 Å². The van der Waals surface area contributed by atoms with Gasteiger partial charge in [0.15, 0.2) is 5.69 Å². The Morgan fingerprint density at radius 3 is 2.03 bits per heavy atom. The molecule has 184 valence electrons. The van der Waals surface area contributed by atoms with Gasteiger partial charge in [0.1, 0.15) is 5.82 Å². The zero-order valence-corrected chi connectivity index (χ0v) is 21.2. The van der Waals surface area contributed by atoms with E-state index in [0.29, 0.717) is 33.0 Å². The Kier molecular flexibility index (Phi) is 7.22. The van der Waals surface area contributed by atoms with Gasteiger partial charge in [-0.3, -0.25) is 10.2 Å². The molecule has 5 rings (SSSR count). The van der Waals surface area contributed by atoms with E-state index in [0.717, 1.165) is 43.5 Å². The number of carbonyl (C=O) groups excluding carboxylic acids is 1. The molecule has 0 unspecified atom stereocenters. The summed E-state index contributed by atoms with van der Waals surface area (Å²) in [7, 11) is 0. The largest absolute Gasteiger partial charge is 0.286 e. The zero-order valence-electron chi connectivity index (χ0n) is 19.7. The first kappa shape index (κ1) is 24.3. The van der Waals surface area contributed by atoms with E-state index >= 15 is 0 Å². The molecule has 0 bridgehead atoms. The number of nitrogens with one attached hydrogen (secondary N) is 1. The molecule has 1 aliphatic rings. The van der Waals surface area contributed by atoms with Crippen molar-refractivity contribution >= 4 is 29.1 Å². The van der Waals surface area contributed by atoms with Crippen LogP contribution < -0.4 is 5.43 Å². The minimum atomic E-state index is -0.317. The predicted molar refractivity (Wildman–Crippen MR) is 137 cm³/mol. The Bertz CT molecular complexity index is 1370. The minimum Gasteiger partial charge on any atom is -0.283 e. The second-order valence-corrected chi connectivity index (χ2v) is 9.48. The minimum absolute atomic E-state index is 0.191. The van der Waals surface area contributed by atoms with Gasteiger partial charge in [-0.05, 0) is 54.5 Å². The fourth-order valence-corrected chi connectivity index (χ4v) is 4.37. The number of hydrazine groups is 1. The lowest BCUT2D eigenvalue weighted by Gasteiger charge is -2.27. The van der Waals surface area contributed by atoms with E-state index in [9.17, 15) is 4.79 Å². The molecule has 11 heteroatoms. The summed E-state index contributed by atoms with van der Waals surface area (Å²) in [4.78, 5) is 23.4. The highest BCUT2D eigenvalue weighted by atomic mass is 35.5. The maximum Gasteiger partial charge on any atom is 0.286 e. The highest BCUT2D eigenvalue weighted by Crippen LogP contribution is 2.32. The van der Waals surface area contributed by atoms with Gasteiger partial charge in [0.25, 0.3) is 5.91 Å². The molecule has 2 aromatic heterocycles. The monoisotopic (exact) mass is 522 g/mol. The van der Waals surface area contributed by atoms with Crippen molar-refractivity contribution in [1.29, 1.82) is 0 Å². The Labute approximate surface area is 218 Å². The Hall–Kier alpha value is -3.40. The third-order valence-corrected chi connectivity index (χ3v) is 6.55. The predicted octanol–water partition coefficient (Wildman–Crippen LogP) is 4.59. The molecule has 1 amide bonds. The van der Waals surface area contributed by atoms with Gasteiger partial charge in [0.2, 0.25) is 0 Å². The van der Waals surface area contributed by atoms with Crippen LogP contribution in [0.5, 0.6) is 0 Å². The molecule has 1 aliphatic heterocycles. The first-order chi connectivity index (χ1) is 17.5. The summed E-state index contributed by atoms with van der Waals surface area (Å²) in [6.45, 7) is 3.58. The van der Waals surface area contributed by atoms with E-state index in [2.05, 4.69) is 21.0 Å². The molecule has 9 nitrogen and oxygen atoms in total. The first-order valence-electron chi connectivity index (χ1n) is 11.7. The summed E-state index contributed by atoms with van der Waals surface area (Å²) < 4.78 is 1.59. The van der Waals surface area contributed by atoms with E-state index in [1.54, 1.807) is 35.9 Å². The molecular formula is C25H24Cl2N8O. The van der Waals surface area contributed by atoms with Crippen LogP contribution in [0.4, 0.5) is 0 Å². The number of aryl methyl sites for hydroxylation is 1. The van der Waals surface area contributed by atoms with Crippen LogP contribution in [0, 0.1) is 6.92 Å². The number of hydrogen-bond donors (Lipinski definition) is 1. The van der Waals surface area contributed by atoms with Gasteiger partial charge in [-0.1, -0.05) is 53.9 Å². The molecule has 0 spiro atoms. The Morgan fingerprint density at radius 2 is 1.47 bits per heavy atom. The molecule has 0 atom stereocenters. The van der Waals surface area contributed by atoms with E-state index < -0.39 is 0 Å². The second kappa shape index (κ2) is 10.7. The molecule has 1 N–H and O–H groups in total. The molecule has 1 saturated heterocycles. The fourth-order valence-electron chi connectivity index (χ4n) is 4.12. The first-order valence-corrected chi connectivity index (χ1v) is 12.4. The molecule has 0 radical (unpaired) electrons. The van der Waals surface area contributed by atoms with E-state index in [1.165, 1.54) is 0 Å². The summed E-state index contributed by atoms with van der Waals surface area (Å²) in [5.74, 6) is 0.289. The average Bonchev–Trinajstić information content (AvgIpc) is 3.29. The summed E-state index contributed by atoms with van der Waals surface area (Å²) in [5, 5.41) is 14.9. The molecule has 2 aromatic carbocycles. The van der Waals surface area contributed by atoms with Crippen molar-refractivity contribution < 1.29 is 4.79 Å². The normalized spacial score (nSPS) is 14.1. The van der Waals surface area contributed by atoms with Crippen LogP contribution in [0.15, 0.2) is 48.5 Å². The van der Waals surface area contributed by atoms with Gasteiger partial charge in [-0.15, -0.1) is 5.10 Å². The number of piperidine rings is 1.